The average molecular weight is 299 g/mol. The zero-order valence-electron chi connectivity index (χ0n) is 9.11. The van der Waals surface area contributed by atoms with Crippen molar-refractivity contribution >= 4 is 15.9 Å². The van der Waals surface area contributed by atoms with Crippen LogP contribution in [0.5, 0.6) is 0 Å². The van der Waals surface area contributed by atoms with Crippen molar-refractivity contribution in [1.29, 1.82) is 0 Å². The van der Waals surface area contributed by atoms with E-state index in [0.29, 0.717) is 12.2 Å². The summed E-state index contributed by atoms with van der Waals surface area (Å²) in [5.41, 5.74) is 6.92. The van der Waals surface area contributed by atoms with Crippen molar-refractivity contribution in [2.24, 2.45) is 5.73 Å². The van der Waals surface area contributed by atoms with Crippen LogP contribution in [-0.4, -0.2) is 21.5 Å². The number of hydrogen-bond acceptors (Lipinski definition) is 3. The van der Waals surface area contributed by atoms with Crippen LogP contribution in [0, 0.1) is 5.82 Å². The molecule has 0 unspecified atom stereocenters. The van der Waals surface area contributed by atoms with Crippen molar-refractivity contribution < 1.29 is 4.39 Å². The predicted octanol–water partition coefficient (Wildman–Crippen LogP) is 2.06. The topological polar surface area (TPSA) is 56.7 Å². The van der Waals surface area contributed by atoms with Gasteiger partial charge < -0.3 is 5.73 Å². The highest BCUT2D eigenvalue weighted by molar-refractivity contribution is 9.10. The number of halogens is 2. The zero-order valence-corrected chi connectivity index (χ0v) is 10.7. The number of rotatable bonds is 4. The van der Waals surface area contributed by atoms with Gasteiger partial charge in [-0.05, 0) is 47.4 Å². The fourth-order valence-electron chi connectivity index (χ4n) is 1.48. The predicted molar refractivity (Wildman–Crippen MR) is 66.4 cm³/mol. The van der Waals surface area contributed by atoms with Crippen LogP contribution >= 0.6 is 15.9 Å². The van der Waals surface area contributed by atoms with Gasteiger partial charge in [-0.3, -0.25) is 0 Å². The summed E-state index contributed by atoms with van der Waals surface area (Å²) in [4.78, 5) is 0. The van der Waals surface area contributed by atoms with Crippen LogP contribution in [-0.2, 0) is 6.42 Å². The van der Waals surface area contributed by atoms with Crippen LogP contribution in [0.25, 0.3) is 5.69 Å². The van der Waals surface area contributed by atoms with Crippen molar-refractivity contribution in [3.63, 3.8) is 0 Å². The van der Waals surface area contributed by atoms with E-state index in [-0.39, 0.29) is 5.82 Å². The summed E-state index contributed by atoms with van der Waals surface area (Å²) in [7, 11) is 0. The minimum atomic E-state index is -0.304. The number of nitrogens with zero attached hydrogens (tertiary/aromatic N) is 3. The summed E-state index contributed by atoms with van der Waals surface area (Å²) in [6.07, 6.45) is 3.43. The third-order valence-electron chi connectivity index (χ3n) is 2.33. The van der Waals surface area contributed by atoms with Crippen LogP contribution in [0.1, 0.15) is 12.1 Å². The Balaban J connectivity index is 2.27. The first-order chi connectivity index (χ1) is 8.20. The quantitative estimate of drug-likeness (QED) is 0.940. The summed E-state index contributed by atoms with van der Waals surface area (Å²) in [5.74, 6) is -0.304. The molecule has 1 aromatic heterocycles. The number of benzene rings is 1. The maximum Gasteiger partial charge on any atom is 0.125 e. The normalized spacial score (nSPS) is 10.8. The lowest BCUT2D eigenvalue weighted by molar-refractivity contribution is 0.624. The molecule has 0 saturated carbocycles. The molecule has 0 aliphatic rings. The molecule has 6 heteroatoms. The minimum absolute atomic E-state index is 0.304. The SMILES string of the molecule is NCCCc1cn(-c2cc(F)ccc2Br)nn1. The highest BCUT2D eigenvalue weighted by Crippen LogP contribution is 2.21. The summed E-state index contributed by atoms with van der Waals surface area (Å²) in [6, 6.07) is 4.44. The summed E-state index contributed by atoms with van der Waals surface area (Å²) < 4.78 is 15.5. The first-order valence-electron chi connectivity index (χ1n) is 5.27. The van der Waals surface area contributed by atoms with Crippen molar-refractivity contribution in [2.45, 2.75) is 12.8 Å². The van der Waals surface area contributed by atoms with Gasteiger partial charge in [0.15, 0.2) is 0 Å². The third kappa shape index (κ3) is 2.89. The lowest BCUT2D eigenvalue weighted by Gasteiger charge is -2.02. The van der Waals surface area contributed by atoms with Gasteiger partial charge in [0, 0.05) is 10.5 Å². The van der Waals surface area contributed by atoms with Crippen LogP contribution < -0.4 is 5.73 Å². The van der Waals surface area contributed by atoms with Gasteiger partial charge in [0.1, 0.15) is 5.82 Å². The molecule has 2 N–H and O–H groups in total. The molecule has 0 radical (unpaired) electrons. The Morgan fingerprint density at radius 3 is 3.00 bits per heavy atom. The summed E-state index contributed by atoms with van der Waals surface area (Å²) >= 11 is 3.35. The Bertz CT molecular complexity index is 512. The molecule has 0 atom stereocenters. The molecule has 0 aliphatic carbocycles. The first kappa shape index (κ1) is 12.2. The molecule has 4 nitrogen and oxygen atoms in total. The molecular weight excluding hydrogens is 287 g/mol. The van der Waals surface area contributed by atoms with Gasteiger partial charge in [-0.15, -0.1) is 5.10 Å². The molecule has 0 amide bonds. The summed E-state index contributed by atoms with van der Waals surface area (Å²) in [6.45, 7) is 0.622. The fourth-order valence-corrected chi connectivity index (χ4v) is 1.90. The van der Waals surface area contributed by atoms with Crippen LogP contribution in [0.2, 0.25) is 0 Å². The largest absolute Gasteiger partial charge is 0.330 e. The van der Waals surface area contributed by atoms with Gasteiger partial charge in [-0.1, -0.05) is 5.21 Å². The zero-order chi connectivity index (χ0) is 12.3. The second-order valence-corrected chi connectivity index (χ2v) is 4.50. The minimum Gasteiger partial charge on any atom is -0.330 e. The molecular formula is C11H12BrFN4. The molecule has 0 fully saturated rings. The molecule has 0 saturated heterocycles. The van der Waals surface area contributed by atoms with Crippen LogP contribution in [0.3, 0.4) is 0 Å². The lowest BCUT2D eigenvalue weighted by Crippen LogP contribution is -2.00. The first-order valence-corrected chi connectivity index (χ1v) is 6.06. The second-order valence-electron chi connectivity index (χ2n) is 3.64. The monoisotopic (exact) mass is 298 g/mol. The number of hydrogen-bond donors (Lipinski definition) is 1. The molecule has 0 bridgehead atoms. The van der Waals surface area contributed by atoms with Crippen molar-refractivity contribution in [3.05, 3.63) is 40.4 Å². The Labute approximate surface area is 107 Å². The van der Waals surface area contributed by atoms with Gasteiger partial charge in [0.25, 0.3) is 0 Å². The highest BCUT2D eigenvalue weighted by atomic mass is 79.9. The summed E-state index contributed by atoms with van der Waals surface area (Å²) in [5, 5.41) is 7.99. The molecule has 0 spiro atoms. The molecule has 1 aromatic carbocycles. The Morgan fingerprint density at radius 1 is 1.41 bits per heavy atom. The van der Waals surface area contributed by atoms with E-state index >= 15 is 0 Å². The maximum atomic E-state index is 13.1. The van der Waals surface area contributed by atoms with Gasteiger partial charge in [-0.2, -0.15) is 0 Å². The Hall–Kier alpha value is -1.27. The van der Waals surface area contributed by atoms with E-state index in [1.807, 2.05) is 0 Å². The van der Waals surface area contributed by atoms with Crippen molar-refractivity contribution in [2.75, 3.05) is 6.54 Å². The Kier molecular flexibility index (Phi) is 3.86. The van der Waals surface area contributed by atoms with E-state index in [4.69, 9.17) is 5.73 Å². The van der Waals surface area contributed by atoms with E-state index < -0.39 is 0 Å². The standard InChI is InChI=1S/C11H12BrFN4/c12-10-4-3-8(13)6-11(10)17-7-9(15-16-17)2-1-5-14/h3-4,6-7H,1-2,5,14H2. The van der Waals surface area contributed by atoms with Gasteiger partial charge in [0.05, 0.1) is 17.6 Å². The molecule has 2 aromatic rings. The Morgan fingerprint density at radius 2 is 2.24 bits per heavy atom. The van der Waals surface area contributed by atoms with Gasteiger partial charge >= 0.3 is 0 Å². The van der Waals surface area contributed by atoms with E-state index in [1.165, 1.54) is 12.1 Å². The van der Waals surface area contributed by atoms with Crippen molar-refractivity contribution in [3.8, 4) is 5.69 Å². The van der Waals surface area contributed by atoms with Gasteiger partial charge in [0.2, 0.25) is 0 Å². The second kappa shape index (κ2) is 5.37. The highest BCUT2D eigenvalue weighted by Gasteiger charge is 2.07. The van der Waals surface area contributed by atoms with E-state index in [2.05, 4.69) is 26.2 Å². The van der Waals surface area contributed by atoms with E-state index in [0.717, 1.165) is 23.0 Å². The maximum absolute atomic E-state index is 13.1. The third-order valence-corrected chi connectivity index (χ3v) is 3.00. The lowest BCUT2D eigenvalue weighted by atomic mass is 10.2. The van der Waals surface area contributed by atoms with Crippen LogP contribution in [0.15, 0.2) is 28.9 Å². The number of nitrogens with two attached hydrogens (primary N) is 1. The smallest absolute Gasteiger partial charge is 0.125 e. The van der Waals surface area contributed by atoms with Crippen LogP contribution in [0.4, 0.5) is 4.39 Å². The fraction of sp³-hybridized carbons (Fsp3) is 0.273. The molecule has 90 valence electrons. The molecule has 1 heterocycles. The van der Waals surface area contributed by atoms with E-state index in [9.17, 15) is 4.39 Å². The molecule has 17 heavy (non-hydrogen) atoms. The average Bonchev–Trinajstić information content (AvgIpc) is 2.78. The number of aryl methyl sites for hydroxylation is 1. The van der Waals surface area contributed by atoms with E-state index in [1.54, 1.807) is 16.9 Å². The molecule has 0 aliphatic heterocycles. The number of aromatic nitrogens is 3. The van der Waals surface area contributed by atoms with Gasteiger partial charge in [-0.25, -0.2) is 9.07 Å². The van der Waals surface area contributed by atoms with Crippen molar-refractivity contribution in [1.82, 2.24) is 15.0 Å². The molecule has 2 rings (SSSR count).